The van der Waals surface area contributed by atoms with Crippen molar-refractivity contribution in [3.63, 3.8) is 0 Å². The predicted octanol–water partition coefficient (Wildman–Crippen LogP) is 0.498. The van der Waals surface area contributed by atoms with Crippen molar-refractivity contribution in [1.82, 2.24) is 10.6 Å². The third-order valence-electron chi connectivity index (χ3n) is 3.05. The van der Waals surface area contributed by atoms with E-state index < -0.39 is 11.5 Å². The molecule has 1 amide bonds. The van der Waals surface area contributed by atoms with Crippen molar-refractivity contribution in [2.24, 2.45) is 0 Å². The minimum atomic E-state index is -0.887. The molecule has 5 nitrogen and oxygen atoms in total. The third-order valence-corrected chi connectivity index (χ3v) is 3.05. The fourth-order valence-electron chi connectivity index (χ4n) is 1.95. The van der Waals surface area contributed by atoms with E-state index >= 15 is 0 Å². The Balaban J connectivity index is 2.44. The van der Waals surface area contributed by atoms with Gasteiger partial charge in [0.15, 0.2) is 0 Å². The topological polar surface area (TPSA) is 78.4 Å². The van der Waals surface area contributed by atoms with E-state index in [0.717, 1.165) is 12.8 Å². The predicted molar refractivity (Wildman–Crippen MR) is 60.1 cm³/mol. The fraction of sp³-hybridized carbons (Fsp3) is 0.818. The van der Waals surface area contributed by atoms with Crippen LogP contribution in [0.2, 0.25) is 0 Å². The van der Waals surface area contributed by atoms with Crippen molar-refractivity contribution >= 4 is 11.9 Å². The van der Waals surface area contributed by atoms with Gasteiger partial charge in [0, 0.05) is 19.0 Å². The molecule has 0 aromatic carbocycles. The van der Waals surface area contributed by atoms with Crippen LogP contribution in [-0.4, -0.2) is 35.1 Å². The molecule has 92 valence electrons. The lowest BCUT2D eigenvalue weighted by Gasteiger charge is -2.27. The summed E-state index contributed by atoms with van der Waals surface area (Å²) >= 11 is 0. The number of aliphatic carboxylic acids is 1. The highest BCUT2D eigenvalue weighted by Crippen LogP contribution is 2.14. The fourth-order valence-corrected chi connectivity index (χ4v) is 1.95. The van der Waals surface area contributed by atoms with Gasteiger partial charge in [-0.1, -0.05) is 13.3 Å². The molecule has 2 unspecified atom stereocenters. The van der Waals surface area contributed by atoms with E-state index in [9.17, 15) is 9.59 Å². The summed E-state index contributed by atoms with van der Waals surface area (Å²) in [5, 5.41) is 15.0. The molecule has 1 aliphatic heterocycles. The lowest BCUT2D eigenvalue weighted by Crippen LogP contribution is -2.53. The highest BCUT2D eigenvalue weighted by Gasteiger charge is 2.33. The molecule has 1 aliphatic rings. The molecule has 2 atom stereocenters. The molecule has 0 saturated carbocycles. The van der Waals surface area contributed by atoms with Crippen molar-refractivity contribution in [2.45, 2.75) is 51.1 Å². The number of nitrogens with one attached hydrogen (secondary N) is 2. The van der Waals surface area contributed by atoms with Crippen molar-refractivity contribution < 1.29 is 14.7 Å². The maximum absolute atomic E-state index is 11.1. The van der Waals surface area contributed by atoms with Crippen molar-refractivity contribution in [2.75, 3.05) is 6.54 Å². The van der Waals surface area contributed by atoms with E-state index in [2.05, 4.69) is 10.6 Å². The Hall–Kier alpha value is -1.10. The largest absolute Gasteiger partial charge is 0.480 e. The first kappa shape index (κ1) is 13.0. The second-order valence-electron chi connectivity index (χ2n) is 4.57. The summed E-state index contributed by atoms with van der Waals surface area (Å²) in [5.74, 6) is -0.780. The van der Waals surface area contributed by atoms with Crippen LogP contribution in [0.25, 0.3) is 0 Å². The molecule has 0 aromatic heterocycles. The van der Waals surface area contributed by atoms with Gasteiger partial charge in [-0.2, -0.15) is 0 Å². The van der Waals surface area contributed by atoms with Crippen LogP contribution in [-0.2, 0) is 9.59 Å². The summed E-state index contributed by atoms with van der Waals surface area (Å²) in [4.78, 5) is 22.1. The van der Waals surface area contributed by atoms with E-state index in [4.69, 9.17) is 5.11 Å². The maximum Gasteiger partial charge on any atom is 0.323 e. The first-order valence-electron chi connectivity index (χ1n) is 5.75. The number of carboxylic acids is 1. The first-order valence-corrected chi connectivity index (χ1v) is 5.75. The Labute approximate surface area is 95.6 Å². The molecule has 0 radical (unpaired) electrons. The van der Waals surface area contributed by atoms with Crippen molar-refractivity contribution in [3.8, 4) is 0 Å². The van der Waals surface area contributed by atoms with Gasteiger partial charge >= 0.3 is 5.97 Å². The second kappa shape index (κ2) is 5.30. The van der Waals surface area contributed by atoms with E-state index in [1.54, 1.807) is 6.92 Å². The summed E-state index contributed by atoms with van der Waals surface area (Å²) in [6.45, 7) is 4.17. The number of carboxylic acid groups (broad SMARTS) is 1. The van der Waals surface area contributed by atoms with Gasteiger partial charge in [0.1, 0.15) is 5.54 Å². The molecule has 1 saturated heterocycles. The SMILES string of the molecule is CCCC(C)(NCC1CCC(=O)N1)C(=O)O. The number of rotatable bonds is 6. The van der Waals surface area contributed by atoms with E-state index in [-0.39, 0.29) is 11.9 Å². The zero-order chi connectivity index (χ0) is 12.2. The first-order chi connectivity index (χ1) is 7.48. The molecule has 1 rings (SSSR count). The van der Waals surface area contributed by atoms with E-state index in [1.807, 2.05) is 6.92 Å². The van der Waals surface area contributed by atoms with Crippen LogP contribution in [0.1, 0.15) is 39.5 Å². The Morgan fingerprint density at radius 1 is 1.69 bits per heavy atom. The lowest BCUT2D eigenvalue weighted by atomic mass is 9.96. The van der Waals surface area contributed by atoms with Gasteiger partial charge in [-0.15, -0.1) is 0 Å². The monoisotopic (exact) mass is 228 g/mol. The molecule has 0 bridgehead atoms. The Bertz CT molecular complexity index is 280. The Kier molecular flexibility index (Phi) is 4.29. The molecular formula is C11H20N2O3. The lowest BCUT2D eigenvalue weighted by molar-refractivity contribution is -0.144. The van der Waals surface area contributed by atoms with E-state index in [0.29, 0.717) is 19.4 Å². The second-order valence-corrected chi connectivity index (χ2v) is 4.57. The number of carbonyl (C=O) groups excluding carboxylic acids is 1. The van der Waals surface area contributed by atoms with Crippen LogP contribution in [0.5, 0.6) is 0 Å². The quantitative estimate of drug-likeness (QED) is 0.618. The molecule has 0 aromatic rings. The highest BCUT2D eigenvalue weighted by molar-refractivity contribution is 5.79. The molecule has 1 heterocycles. The Morgan fingerprint density at radius 3 is 2.81 bits per heavy atom. The Morgan fingerprint density at radius 2 is 2.38 bits per heavy atom. The van der Waals surface area contributed by atoms with Gasteiger partial charge in [-0.25, -0.2) is 0 Å². The van der Waals surface area contributed by atoms with Gasteiger partial charge < -0.3 is 15.7 Å². The van der Waals surface area contributed by atoms with Crippen LogP contribution in [0, 0.1) is 0 Å². The minimum Gasteiger partial charge on any atom is -0.480 e. The van der Waals surface area contributed by atoms with Crippen LogP contribution in [0.4, 0.5) is 0 Å². The van der Waals surface area contributed by atoms with Gasteiger partial charge in [0.2, 0.25) is 5.91 Å². The number of carbonyl (C=O) groups is 2. The zero-order valence-electron chi connectivity index (χ0n) is 9.88. The average molecular weight is 228 g/mol. The van der Waals surface area contributed by atoms with Gasteiger partial charge in [-0.05, 0) is 19.8 Å². The van der Waals surface area contributed by atoms with Crippen molar-refractivity contribution in [3.05, 3.63) is 0 Å². The number of hydrogen-bond donors (Lipinski definition) is 3. The molecule has 5 heteroatoms. The smallest absolute Gasteiger partial charge is 0.323 e. The van der Waals surface area contributed by atoms with Gasteiger partial charge in [0.25, 0.3) is 0 Å². The number of hydrogen-bond acceptors (Lipinski definition) is 3. The summed E-state index contributed by atoms with van der Waals surface area (Å²) in [6, 6.07) is 0.0723. The molecule has 16 heavy (non-hydrogen) atoms. The molecular weight excluding hydrogens is 208 g/mol. The van der Waals surface area contributed by atoms with Crippen LogP contribution in [0.3, 0.4) is 0 Å². The molecule has 0 aliphatic carbocycles. The maximum atomic E-state index is 11.1. The zero-order valence-corrected chi connectivity index (χ0v) is 9.88. The van der Waals surface area contributed by atoms with Crippen molar-refractivity contribution in [1.29, 1.82) is 0 Å². The summed E-state index contributed by atoms with van der Waals surface area (Å²) in [7, 11) is 0. The molecule has 0 spiro atoms. The summed E-state index contributed by atoms with van der Waals surface area (Å²) < 4.78 is 0. The van der Waals surface area contributed by atoms with E-state index in [1.165, 1.54) is 0 Å². The molecule has 3 N–H and O–H groups in total. The minimum absolute atomic E-state index is 0.0549. The summed E-state index contributed by atoms with van der Waals surface area (Å²) in [5.41, 5.74) is -0.887. The summed E-state index contributed by atoms with van der Waals surface area (Å²) in [6.07, 6.45) is 2.73. The van der Waals surface area contributed by atoms with Gasteiger partial charge in [0.05, 0.1) is 0 Å². The highest BCUT2D eigenvalue weighted by atomic mass is 16.4. The standard InChI is InChI=1S/C11H20N2O3/c1-3-6-11(2,10(15)16)12-7-8-4-5-9(14)13-8/h8,12H,3-7H2,1-2H3,(H,13,14)(H,15,16). The third kappa shape index (κ3) is 3.20. The van der Waals surface area contributed by atoms with Gasteiger partial charge in [-0.3, -0.25) is 9.59 Å². The van der Waals surface area contributed by atoms with Crippen LogP contribution in [0.15, 0.2) is 0 Å². The molecule has 1 fully saturated rings. The normalized spacial score (nSPS) is 23.9. The average Bonchev–Trinajstić information content (AvgIpc) is 2.61. The van der Waals surface area contributed by atoms with Crippen LogP contribution < -0.4 is 10.6 Å². The van der Waals surface area contributed by atoms with Crippen LogP contribution >= 0.6 is 0 Å². The number of amides is 1.